The molecule has 0 aliphatic carbocycles. The van der Waals surface area contributed by atoms with Crippen molar-refractivity contribution < 1.29 is 9.53 Å². The Labute approximate surface area is 151 Å². The lowest BCUT2D eigenvalue weighted by molar-refractivity contribution is -0.0284. The normalized spacial score (nSPS) is 17.3. The van der Waals surface area contributed by atoms with Crippen molar-refractivity contribution >= 4 is 5.91 Å². The molecule has 0 bridgehead atoms. The molecule has 1 atom stereocenters. The molecule has 0 radical (unpaired) electrons. The van der Waals surface area contributed by atoms with Crippen molar-refractivity contribution in [2.24, 2.45) is 7.05 Å². The molecule has 4 rings (SSSR count). The van der Waals surface area contributed by atoms with Crippen molar-refractivity contribution in [3.05, 3.63) is 66.0 Å². The van der Waals surface area contributed by atoms with Crippen LogP contribution in [0.4, 0.5) is 0 Å². The number of rotatable bonds is 3. The van der Waals surface area contributed by atoms with Gasteiger partial charge in [-0.15, -0.1) is 5.10 Å². The SMILES string of the molecule is Cn1nnnc1C1CN(C(=O)c2cccc(-c3ccccc3)c2)CCO1. The number of nitrogens with zero attached hydrogens (tertiary/aromatic N) is 5. The summed E-state index contributed by atoms with van der Waals surface area (Å²) >= 11 is 0. The number of hydrogen-bond acceptors (Lipinski definition) is 5. The van der Waals surface area contributed by atoms with Gasteiger partial charge in [-0.1, -0.05) is 42.5 Å². The van der Waals surface area contributed by atoms with E-state index in [2.05, 4.69) is 15.5 Å². The van der Waals surface area contributed by atoms with Crippen LogP contribution in [0.25, 0.3) is 11.1 Å². The number of aromatic nitrogens is 4. The van der Waals surface area contributed by atoms with E-state index in [4.69, 9.17) is 4.74 Å². The van der Waals surface area contributed by atoms with Crippen LogP contribution in [0.3, 0.4) is 0 Å². The van der Waals surface area contributed by atoms with E-state index in [1.807, 2.05) is 54.6 Å². The molecule has 0 saturated carbocycles. The van der Waals surface area contributed by atoms with Crippen LogP contribution in [-0.4, -0.2) is 50.7 Å². The average molecular weight is 349 g/mol. The van der Waals surface area contributed by atoms with Gasteiger partial charge in [0, 0.05) is 19.2 Å². The molecule has 1 aliphatic heterocycles. The van der Waals surface area contributed by atoms with Gasteiger partial charge in [-0.25, -0.2) is 4.68 Å². The smallest absolute Gasteiger partial charge is 0.254 e. The van der Waals surface area contributed by atoms with Crippen LogP contribution < -0.4 is 0 Å². The van der Waals surface area contributed by atoms with Crippen molar-refractivity contribution in [2.45, 2.75) is 6.10 Å². The zero-order valence-electron chi connectivity index (χ0n) is 14.4. The second-order valence-electron chi connectivity index (χ2n) is 6.22. The zero-order valence-corrected chi connectivity index (χ0v) is 14.4. The second kappa shape index (κ2) is 7.05. The van der Waals surface area contributed by atoms with Crippen molar-refractivity contribution in [3.8, 4) is 11.1 Å². The summed E-state index contributed by atoms with van der Waals surface area (Å²) in [6.45, 7) is 1.44. The van der Waals surface area contributed by atoms with Gasteiger partial charge in [-0.3, -0.25) is 4.79 Å². The first kappa shape index (κ1) is 16.4. The summed E-state index contributed by atoms with van der Waals surface area (Å²) in [4.78, 5) is 14.8. The van der Waals surface area contributed by atoms with Gasteiger partial charge < -0.3 is 9.64 Å². The first-order chi connectivity index (χ1) is 12.7. The standard InChI is InChI=1S/C19H19N5O2/c1-23-18(20-21-22-23)17-13-24(10-11-26-17)19(25)16-9-5-8-15(12-16)14-6-3-2-4-7-14/h2-9,12,17H,10-11,13H2,1H3. The van der Waals surface area contributed by atoms with Gasteiger partial charge >= 0.3 is 0 Å². The minimum absolute atomic E-state index is 0.00814. The van der Waals surface area contributed by atoms with Crippen molar-refractivity contribution in [3.63, 3.8) is 0 Å². The van der Waals surface area contributed by atoms with Crippen LogP contribution in [0.2, 0.25) is 0 Å². The molecule has 0 spiro atoms. The quantitative estimate of drug-likeness (QED) is 0.724. The molecule has 7 heteroatoms. The lowest BCUT2D eigenvalue weighted by Gasteiger charge is -2.32. The molecule has 1 aromatic heterocycles. The van der Waals surface area contributed by atoms with E-state index < -0.39 is 0 Å². The third-order valence-corrected chi connectivity index (χ3v) is 4.51. The first-order valence-corrected chi connectivity index (χ1v) is 8.51. The molecule has 0 N–H and O–H groups in total. The number of benzene rings is 2. The summed E-state index contributed by atoms with van der Waals surface area (Å²) in [5, 5.41) is 11.5. The van der Waals surface area contributed by atoms with E-state index in [9.17, 15) is 4.79 Å². The number of ether oxygens (including phenoxy) is 1. The number of tetrazole rings is 1. The molecule has 3 aromatic rings. The summed E-state index contributed by atoms with van der Waals surface area (Å²) in [6.07, 6.45) is -0.315. The van der Waals surface area contributed by atoms with Crippen LogP contribution in [0.15, 0.2) is 54.6 Å². The summed E-state index contributed by atoms with van der Waals surface area (Å²) < 4.78 is 7.33. The Bertz CT molecular complexity index is 909. The van der Waals surface area contributed by atoms with Gasteiger partial charge in [-0.05, 0) is 33.7 Å². The molecule has 7 nitrogen and oxygen atoms in total. The maximum atomic E-state index is 13.0. The molecule has 1 amide bonds. The van der Waals surface area contributed by atoms with Crippen molar-refractivity contribution in [1.82, 2.24) is 25.1 Å². The molecule has 1 saturated heterocycles. The summed E-state index contributed by atoms with van der Waals surface area (Å²) in [5.41, 5.74) is 2.79. The van der Waals surface area contributed by atoms with Crippen molar-refractivity contribution in [1.29, 1.82) is 0 Å². The van der Waals surface area contributed by atoms with Crippen LogP contribution in [0.1, 0.15) is 22.3 Å². The lowest BCUT2D eigenvalue weighted by Crippen LogP contribution is -2.42. The van der Waals surface area contributed by atoms with E-state index >= 15 is 0 Å². The molecule has 2 aromatic carbocycles. The molecule has 26 heavy (non-hydrogen) atoms. The van der Waals surface area contributed by atoms with E-state index in [0.29, 0.717) is 31.1 Å². The van der Waals surface area contributed by atoms with Gasteiger partial charge in [0.2, 0.25) is 0 Å². The van der Waals surface area contributed by atoms with Gasteiger partial charge in [0.05, 0.1) is 13.2 Å². The number of aryl methyl sites for hydroxylation is 1. The van der Waals surface area contributed by atoms with E-state index in [0.717, 1.165) is 11.1 Å². The van der Waals surface area contributed by atoms with Crippen LogP contribution in [0, 0.1) is 0 Å². The Morgan fingerprint density at radius 1 is 1.12 bits per heavy atom. The maximum absolute atomic E-state index is 13.0. The molecule has 1 unspecified atom stereocenters. The number of hydrogen-bond donors (Lipinski definition) is 0. The topological polar surface area (TPSA) is 73.1 Å². The first-order valence-electron chi connectivity index (χ1n) is 8.51. The highest BCUT2D eigenvalue weighted by Gasteiger charge is 2.29. The summed E-state index contributed by atoms with van der Waals surface area (Å²) in [5.74, 6) is 0.617. The third-order valence-electron chi connectivity index (χ3n) is 4.51. The summed E-state index contributed by atoms with van der Waals surface area (Å²) in [6, 6.07) is 17.8. The minimum Gasteiger partial charge on any atom is -0.366 e. The fourth-order valence-electron chi connectivity index (χ4n) is 3.14. The molecule has 132 valence electrons. The lowest BCUT2D eigenvalue weighted by atomic mass is 10.0. The third kappa shape index (κ3) is 3.21. The number of amides is 1. The zero-order chi connectivity index (χ0) is 17.9. The number of morpholine rings is 1. The molecule has 1 fully saturated rings. The Hall–Kier alpha value is -3.06. The van der Waals surface area contributed by atoms with Gasteiger partial charge in [0.15, 0.2) is 5.82 Å². The second-order valence-corrected chi connectivity index (χ2v) is 6.22. The fraction of sp³-hybridized carbons (Fsp3) is 0.263. The minimum atomic E-state index is -0.315. The average Bonchev–Trinajstić information content (AvgIpc) is 3.14. The largest absolute Gasteiger partial charge is 0.366 e. The summed E-state index contributed by atoms with van der Waals surface area (Å²) in [7, 11) is 1.77. The van der Waals surface area contributed by atoms with E-state index in [1.54, 1.807) is 16.6 Å². The maximum Gasteiger partial charge on any atom is 0.254 e. The number of carbonyl (C=O) groups is 1. The Morgan fingerprint density at radius 2 is 1.92 bits per heavy atom. The molecular weight excluding hydrogens is 330 g/mol. The van der Waals surface area contributed by atoms with Gasteiger partial charge in [0.25, 0.3) is 5.91 Å². The molecule has 1 aliphatic rings. The highest BCUT2D eigenvalue weighted by atomic mass is 16.5. The van der Waals surface area contributed by atoms with Gasteiger partial charge in [-0.2, -0.15) is 0 Å². The van der Waals surface area contributed by atoms with E-state index in [-0.39, 0.29) is 12.0 Å². The van der Waals surface area contributed by atoms with Gasteiger partial charge in [0.1, 0.15) is 6.10 Å². The fourth-order valence-corrected chi connectivity index (χ4v) is 3.14. The highest BCUT2D eigenvalue weighted by molar-refractivity contribution is 5.95. The Balaban J connectivity index is 1.55. The Morgan fingerprint density at radius 3 is 2.69 bits per heavy atom. The van der Waals surface area contributed by atoms with Crippen LogP contribution in [-0.2, 0) is 11.8 Å². The molecule has 2 heterocycles. The predicted octanol–water partition coefficient (Wildman–Crippen LogP) is 2.09. The number of carbonyl (C=O) groups excluding carboxylic acids is 1. The monoisotopic (exact) mass is 349 g/mol. The highest BCUT2D eigenvalue weighted by Crippen LogP contribution is 2.23. The van der Waals surface area contributed by atoms with Crippen molar-refractivity contribution in [2.75, 3.05) is 19.7 Å². The molecular formula is C19H19N5O2. The Kier molecular flexibility index (Phi) is 4.45. The predicted molar refractivity (Wildman–Crippen MR) is 95.3 cm³/mol. The van der Waals surface area contributed by atoms with E-state index in [1.165, 1.54) is 0 Å². The van der Waals surface area contributed by atoms with Crippen LogP contribution >= 0.6 is 0 Å². The van der Waals surface area contributed by atoms with Crippen LogP contribution in [0.5, 0.6) is 0 Å².